The SMILES string of the molecule is Cc1ccc(C(=O)OCCCOCCCOC(=O)c2ccc(C)cc2)cc1. The number of hydrogen-bond acceptors (Lipinski definition) is 5. The first-order valence-electron chi connectivity index (χ1n) is 9.11. The van der Waals surface area contributed by atoms with E-state index in [1.165, 1.54) is 0 Å². The molecule has 5 heteroatoms. The largest absolute Gasteiger partial charge is 0.462 e. The van der Waals surface area contributed by atoms with Crippen molar-refractivity contribution in [3.63, 3.8) is 0 Å². The van der Waals surface area contributed by atoms with Crippen LogP contribution in [0.5, 0.6) is 0 Å². The zero-order valence-electron chi connectivity index (χ0n) is 15.9. The Morgan fingerprint density at radius 2 is 1.00 bits per heavy atom. The van der Waals surface area contributed by atoms with Crippen LogP contribution in [0.3, 0.4) is 0 Å². The third-order valence-corrected chi connectivity index (χ3v) is 3.91. The van der Waals surface area contributed by atoms with E-state index in [0.29, 0.717) is 50.4 Å². The number of carbonyl (C=O) groups is 2. The van der Waals surface area contributed by atoms with E-state index >= 15 is 0 Å². The molecule has 0 saturated carbocycles. The Hall–Kier alpha value is -2.66. The summed E-state index contributed by atoms with van der Waals surface area (Å²) in [6, 6.07) is 14.5. The van der Waals surface area contributed by atoms with Gasteiger partial charge >= 0.3 is 11.9 Å². The summed E-state index contributed by atoms with van der Waals surface area (Å²) in [6.07, 6.45) is 1.25. The van der Waals surface area contributed by atoms with Gasteiger partial charge in [0.2, 0.25) is 0 Å². The molecule has 0 aliphatic heterocycles. The molecule has 0 N–H and O–H groups in total. The molecule has 0 saturated heterocycles. The van der Waals surface area contributed by atoms with Gasteiger partial charge in [0.1, 0.15) is 0 Å². The van der Waals surface area contributed by atoms with Gasteiger partial charge in [-0.2, -0.15) is 0 Å². The lowest BCUT2D eigenvalue weighted by Crippen LogP contribution is -2.10. The van der Waals surface area contributed by atoms with Gasteiger partial charge < -0.3 is 14.2 Å². The van der Waals surface area contributed by atoms with Crippen LogP contribution < -0.4 is 0 Å². The lowest BCUT2D eigenvalue weighted by Gasteiger charge is -2.07. The molecule has 0 unspecified atom stereocenters. The number of ether oxygens (including phenoxy) is 3. The molecular formula is C22H26O5. The molecule has 2 aromatic rings. The summed E-state index contributed by atoms with van der Waals surface area (Å²) >= 11 is 0. The molecule has 144 valence electrons. The average Bonchev–Trinajstić information content (AvgIpc) is 2.67. The average molecular weight is 370 g/mol. The Kier molecular flexibility index (Phi) is 8.52. The third-order valence-electron chi connectivity index (χ3n) is 3.91. The van der Waals surface area contributed by atoms with Crippen molar-refractivity contribution < 1.29 is 23.8 Å². The van der Waals surface area contributed by atoms with Crippen molar-refractivity contribution in [1.29, 1.82) is 0 Å². The second-order valence-electron chi connectivity index (χ2n) is 6.32. The van der Waals surface area contributed by atoms with Gasteiger partial charge in [0.15, 0.2) is 0 Å². The lowest BCUT2D eigenvalue weighted by molar-refractivity contribution is 0.0395. The van der Waals surface area contributed by atoms with Crippen LogP contribution in [0.25, 0.3) is 0 Å². The summed E-state index contributed by atoms with van der Waals surface area (Å²) in [5, 5.41) is 0. The highest BCUT2D eigenvalue weighted by atomic mass is 16.5. The molecule has 5 nitrogen and oxygen atoms in total. The molecule has 0 amide bonds. The van der Waals surface area contributed by atoms with Crippen molar-refractivity contribution in [3.8, 4) is 0 Å². The highest BCUT2D eigenvalue weighted by Gasteiger charge is 2.07. The molecule has 0 radical (unpaired) electrons. The van der Waals surface area contributed by atoms with E-state index < -0.39 is 0 Å². The van der Waals surface area contributed by atoms with Crippen LogP contribution in [0.15, 0.2) is 48.5 Å². The monoisotopic (exact) mass is 370 g/mol. The molecule has 0 aliphatic rings. The van der Waals surface area contributed by atoms with E-state index in [-0.39, 0.29) is 11.9 Å². The normalized spacial score (nSPS) is 10.4. The van der Waals surface area contributed by atoms with Crippen molar-refractivity contribution in [1.82, 2.24) is 0 Å². The summed E-state index contributed by atoms with van der Waals surface area (Å²) in [5.41, 5.74) is 3.31. The van der Waals surface area contributed by atoms with Crippen molar-refractivity contribution in [3.05, 3.63) is 70.8 Å². The van der Waals surface area contributed by atoms with Crippen LogP contribution in [0.2, 0.25) is 0 Å². The minimum Gasteiger partial charge on any atom is -0.462 e. The number of hydrogen-bond donors (Lipinski definition) is 0. The molecule has 2 rings (SSSR count). The van der Waals surface area contributed by atoms with E-state index in [1.54, 1.807) is 24.3 Å². The first-order chi connectivity index (χ1) is 13.1. The summed E-state index contributed by atoms with van der Waals surface area (Å²) < 4.78 is 15.8. The smallest absolute Gasteiger partial charge is 0.338 e. The predicted molar refractivity (Wildman–Crippen MR) is 103 cm³/mol. The number of aryl methyl sites for hydroxylation is 2. The molecular weight excluding hydrogens is 344 g/mol. The molecule has 0 fully saturated rings. The van der Waals surface area contributed by atoms with E-state index in [1.807, 2.05) is 38.1 Å². The summed E-state index contributed by atoms with van der Waals surface area (Å²) in [4.78, 5) is 23.6. The maximum Gasteiger partial charge on any atom is 0.338 e. The second-order valence-corrected chi connectivity index (χ2v) is 6.32. The molecule has 0 bridgehead atoms. The molecule has 2 aromatic carbocycles. The number of carbonyl (C=O) groups excluding carboxylic acids is 2. The Morgan fingerprint density at radius 1 is 0.630 bits per heavy atom. The van der Waals surface area contributed by atoms with Gasteiger partial charge in [-0.25, -0.2) is 9.59 Å². The van der Waals surface area contributed by atoms with Crippen LogP contribution in [0, 0.1) is 13.8 Å². The number of benzene rings is 2. The van der Waals surface area contributed by atoms with E-state index in [2.05, 4.69) is 0 Å². The second kappa shape index (κ2) is 11.1. The summed E-state index contributed by atoms with van der Waals surface area (Å²) in [6.45, 7) is 5.55. The highest BCUT2D eigenvalue weighted by Crippen LogP contribution is 2.06. The molecule has 0 aliphatic carbocycles. The van der Waals surface area contributed by atoms with Gasteiger partial charge in [0, 0.05) is 26.1 Å². The van der Waals surface area contributed by atoms with E-state index in [9.17, 15) is 9.59 Å². The molecule has 0 heterocycles. The van der Waals surface area contributed by atoms with Crippen LogP contribution in [-0.4, -0.2) is 38.4 Å². The van der Waals surface area contributed by atoms with Crippen LogP contribution >= 0.6 is 0 Å². The Morgan fingerprint density at radius 3 is 1.37 bits per heavy atom. The van der Waals surface area contributed by atoms with Crippen LogP contribution in [0.4, 0.5) is 0 Å². The zero-order valence-corrected chi connectivity index (χ0v) is 15.9. The highest BCUT2D eigenvalue weighted by molar-refractivity contribution is 5.89. The minimum atomic E-state index is -0.321. The first kappa shape index (κ1) is 20.6. The topological polar surface area (TPSA) is 61.8 Å². The number of rotatable bonds is 10. The van der Waals surface area contributed by atoms with Gasteiger partial charge in [-0.15, -0.1) is 0 Å². The summed E-state index contributed by atoms with van der Waals surface area (Å²) in [7, 11) is 0. The fourth-order valence-electron chi connectivity index (χ4n) is 2.30. The predicted octanol–water partition coefficient (Wildman–Crippen LogP) is 4.11. The quantitative estimate of drug-likeness (QED) is 0.465. The van der Waals surface area contributed by atoms with Gasteiger partial charge in [0.05, 0.1) is 24.3 Å². The molecule has 27 heavy (non-hydrogen) atoms. The van der Waals surface area contributed by atoms with Crippen molar-refractivity contribution >= 4 is 11.9 Å². The molecule has 0 aromatic heterocycles. The van der Waals surface area contributed by atoms with Gasteiger partial charge in [-0.3, -0.25) is 0 Å². The van der Waals surface area contributed by atoms with E-state index in [0.717, 1.165) is 11.1 Å². The van der Waals surface area contributed by atoms with Crippen LogP contribution in [-0.2, 0) is 14.2 Å². The lowest BCUT2D eigenvalue weighted by atomic mass is 10.1. The van der Waals surface area contributed by atoms with Crippen molar-refractivity contribution in [2.24, 2.45) is 0 Å². The fourth-order valence-corrected chi connectivity index (χ4v) is 2.30. The molecule has 0 spiro atoms. The maximum absolute atomic E-state index is 11.8. The van der Waals surface area contributed by atoms with Gasteiger partial charge in [0.25, 0.3) is 0 Å². The maximum atomic E-state index is 11.8. The fraction of sp³-hybridized carbons (Fsp3) is 0.364. The van der Waals surface area contributed by atoms with Crippen molar-refractivity contribution in [2.75, 3.05) is 26.4 Å². The third kappa shape index (κ3) is 7.62. The zero-order chi connectivity index (χ0) is 19.5. The summed E-state index contributed by atoms with van der Waals surface area (Å²) in [5.74, 6) is -0.643. The number of esters is 2. The van der Waals surface area contributed by atoms with Gasteiger partial charge in [-0.05, 0) is 38.1 Å². The molecule has 0 atom stereocenters. The van der Waals surface area contributed by atoms with E-state index in [4.69, 9.17) is 14.2 Å². The minimum absolute atomic E-state index is 0.315. The Balaban J connectivity index is 1.47. The Labute approximate surface area is 160 Å². The standard InChI is InChI=1S/C22H26O5/c1-17-5-9-19(10-6-17)21(23)26-15-3-13-25-14-4-16-27-22(24)20-11-7-18(2)8-12-20/h5-12H,3-4,13-16H2,1-2H3. The first-order valence-corrected chi connectivity index (χ1v) is 9.11. The van der Waals surface area contributed by atoms with Gasteiger partial charge in [-0.1, -0.05) is 35.4 Å². The Bertz CT molecular complexity index is 656. The van der Waals surface area contributed by atoms with Crippen LogP contribution in [0.1, 0.15) is 44.7 Å². The van der Waals surface area contributed by atoms with Crippen molar-refractivity contribution in [2.45, 2.75) is 26.7 Å².